The van der Waals surface area contributed by atoms with E-state index in [1.54, 1.807) is 42.3 Å². The maximum absolute atomic E-state index is 11.8. The zero-order valence-corrected chi connectivity index (χ0v) is 89.9. The number of aliphatic hydroxyl groups is 2. The summed E-state index contributed by atoms with van der Waals surface area (Å²) in [6.07, 6.45) is 4.33. The van der Waals surface area contributed by atoms with Crippen LogP contribution in [-0.2, 0) is 77.3 Å². The molecule has 0 bridgehead atoms. The van der Waals surface area contributed by atoms with Crippen LogP contribution < -0.4 is 0 Å². The molecule has 0 aromatic carbocycles. The first-order chi connectivity index (χ1) is 44.0. The Labute approximate surface area is 626 Å². The van der Waals surface area contributed by atoms with Crippen LogP contribution in [0.5, 0.6) is 0 Å². The highest BCUT2D eigenvalue weighted by Crippen LogP contribution is 2.42. The number of rotatable bonds is 32. The molecule has 4 N–H and O–H groups in total. The molecule has 8 unspecified atom stereocenters. The Morgan fingerprint density at radius 1 is 0.388 bits per heavy atom. The van der Waals surface area contributed by atoms with Crippen molar-refractivity contribution < 1.29 is 97.7 Å². The maximum Gasteiger partial charge on any atom is 0.318 e. The minimum Gasteiger partial charge on any atom is -0.481 e. The molecule has 2 rings (SSSR count). The lowest BCUT2D eigenvalue weighted by Crippen LogP contribution is -2.67. The van der Waals surface area contributed by atoms with E-state index in [1.165, 1.54) is 12.8 Å². The zero-order valence-electron chi connectivity index (χ0n) is 70.8. The lowest BCUT2D eigenvalue weighted by atomic mass is 10.2. The quantitative estimate of drug-likeness (QED) is 0.0456. The van der Waals surface area contributed by atoms with Crippen LogP contribution in [0.25, 0.3) is 0 Å². The van der Waals surface area contributed by atoms with Gasteiger partial charge >= 0.3 is 100 Å². The monoisotopic (exact) mass is 1710 g/mol. The van der Waals surface area contributed by atoms with E-state index < -0.39 is 180 Å². The molecule has 0 aliphatic carbocycles. The van der Waals surface area contributed by atoms with Gasteiger partial charge in [0.25, 0.3) is 0 Å². The summed E-state index contributed by atoms with van der Waals surface area (Å²) in [5, 5.41) is 33.4. The van der Waals surface area contributed by atoms with Crippen LogP contribution in [0, 0.1) is 11.8 Å². The van der Waals surface area contributed by atoms with Crippen molar-refractivity contribution in [2.75, 3.05) is 55.1 Å². The van der Waals surface area contributed by atoms with Crippen molar-refractivity contribution in [2.45, 2.75) is 298 Å². The molecule has 0 amide bonds. The van der Waals surface area contributed by atoms with Crippen molar-refractivity contribution >= 4 is 168 Å². The third-order valence-corrected chi connectivity index (χ3v) is 72.0. The van der Waals surface area contributed by atoms with Gasteiger partial charge in [0.1, 0.15) is 0 Å². The number of aliphatic carboxylic acids is 2. The molecule has 2 aliphatic heterocycles. The summed E-state index contributed by atoms with van der Waals surface area (Å²) >= 11 is 0. The smallest absolute Gasteiger partial charge is 0.318 e. The van der Waals surface area contributed by atoms with Crippen LogP contribution in [0.1, 0.15) is 54.4 Å². The molecule has 8 atom stereocenters. The van der Waals surface area contributed by atoms with E-state index in [0.717, 1.165) is 75.0 Å². The van der Waals surface area contributed by atoms with Crippen LogP contribution in [0.4, 0.5) is 0 Å². The van der Waals surface area contributed by atoms with Gasteiger partial charge in [0.2, 0.25) is 0 Å². The van der Waals surface area contributed by atoms with Gasteiger partial charge in [-0.1, -0.05) is 80.6 Å². The average Bonchev–Trinajstić information content (AvgIpc) is 0.774. The van der Waals surface area contributed by atoms with E-state index in [1.807, 2.05) is 13.1 Å². The third kappa shape index (κ3) is 60.1. The molecule has 2 aliphatic rings. The van der Waals surface area contributed by atoms with E-state index >= 15 is 0 Å². The number of aliphatic hydroxyl groups excluding tert-OH is 2. The summed E-state index contributed by atoms with van der Waals surface area (Å²) in [6.45, 7) is 74.1. The van der Waals surface area contributed by atoms with Crippen LogP contribution in [0.2, 0.25) is 244 Å². The lowest BCUT2D eigenvalue weighted by molar-refractivity contribution is -0.141. The molecule has 0 aromatic rings. The summed E-state index contributed by atoms with van der Waals surface area (Å²) < 4.78 is 101. The van der Waals surface area contributed by atoms with Crippen molar-refractivity contribution in [1.82, 2.24) is 0 Å². The minimum absolute atomic E-state index is 0.380. The zero-order chi connectivity index (χ0) is 79.1. The SMILES string of the molecule is CC(C[Si]1(C)O[Si](C)(C)O[Si](C)(CC[Si](C)(C)OC[SiH](C)C)O[Si](C)(CC[Si](C)(C)O[Si](C)(C)C)O1)C(=O)O.CC(C[Si]1(C)O[Si](C)(C)O[Si](C)(CC[Si](C)(C)OC[SiH](C)C)O[Si](C)(CC[Si](C)(C)O[Si](C)(C)C)O1)C(=O)O.CCC.CCC.CO.CO.CO[SiH2]OC.CO[SiH2]OC. The fourth-order valence-electron chi connectivity index (χ4n) is 11.0. The summed E-state index contributed by atoms with van der Waals surface area (Å²) in [4.78, 5) is 23.6. The molecule has 40 heteroatoms. The predicted octanol–water partition coefficient (Wildman–Crippen LogP) is 14.6. The van der Waals surface area contributed by atoms with Crippen molar-refractivity contribution in [3.63, 3.8) is 0 Å². The fourth-order valence-corrected chi connectivity index (χ4v) is 91.7. The molecule has 22 nitrogen and oxygen atoms in total. The Balaban J connectivity index is -0.000000338. The molecular formula is C58H160O22Si18. The predicted molar refractivity (Wildman–Crippen MR) is 457 cm³/mol. The number of carbonyl (C=O) groups is 2. The summed E-state index contributed by atoms with van der Waals surface area (Å²) in [5.41, 5.74) is 0. The molecule has 2 saturated heterocycles. The van der Waals surface area contributed by atoms with Crippen molar-refractivity contribution in [1.29, 1.82) is 0 Å². The highest BCUT2D eigenvalue weighted by molar-refractivity contribution is 6.96. The second-order valence-electron chi connectivity index (χ2n) is 33.0. The second kappa shape index (κ2) is 51.5. The molecule has 0 saturated carbocycles. The molecule has 98 heavy (non-hydrogen) atoms. The average molecular weight is 1720 g/mol. The first-order valence-corrected chi connectivity index (χ1v) is 84.3. The summed E-state index contributed by atoms with van der Waals surface area (Å²) in [6, 6.07) is 7.91. The molecule has 596 valence electrons. The number of carboxylic acid groups (broad SMARTS) is 2. The number of hydrogen-bond donors (Lipinski definition) is 4. The molecule has 2 fully saturated rings. The van der Waals surface area contributed by atoms with Crippen LogP contribution in [-0.4, -0.2) is 243 Å². The van der Waals surface area contributed by atoms with Gasteiger partial charge in [-0.3, -0.25) is 9.59 Å². The molecule has 0 aromatic heterocycles. The van der Waals surface area contributed by atoms with Gasteiger partial charge in [-0.15, -0.1) is 0 Å². The Kier molecular flexibility index (Phi) is 58.4. The van der Waals surface area contributed by atoms with Gasteiger partial charge < -0.3 is 88.1 Å². The van der Waals surface area contributed by atoms with Crippen molar-refractivity contribution in [3.8, 4) is 0 Å². The Morgan fingerprint density at radius 3 is 0.765 bits per heavy atom. The number of hydrogen-bond acceptors (Lipinski definition) is 20. The fraction of sp³-hybridized carbons (Fsp3) is 0.966. The summed E-state index contributed by atoms with van der Waals surface area (Å²) in [5.74, 6) is -2.75. The van der Waals surface area contributed by atoms with Crippen molar-refractivity contribution in [2.24, 2.45) is 11.8 Å². The van der Waals surface area contributed by atoms with E-state index in [4.69, 9.17) is 60.2 Å². The molecule has 0 radical (unpaired) electrons. The number of carboxylic acids is 2. The summed E-state index contributed by atoms with van der Waals surface area (Å²) in [7, 11) is -27.3. The Morgan fingerprint density at radius 2 is 0.582 bits per heavy atom. The van der Waals surface area contributed by atoms with E-state index in [2.05, 4.69) is 216 Å². The molecular weight excluding hydrogens is 1550 g/mol. The second-order valence-corrected chi connectivity index (χ2v) is 97.3. The van der Waals surface area contributed by atoms with E-state index in [0.29, 0.717) is 12.1 Å². The third-order valence-electron chi connectivity index (χ3n) is 13.7. The minimum atomic E-state index is -2.92. The highest BCUT2D eigenvalue weighted by atomic mass is 28.5. The maximum atomic E-state index is 11.8. The van der Waals surface area contributed by atoms with E-state index in [-0.39, 0.29) is 0 Å². The van der Waals surface area contributed by atoms with Crippen LogP contribution in [0.3, 0.4) is 0 Å². The largest absolute Gasteiger partial charge is 0.481 e. The van der Waals surface area contributed by atoms with E-state index in [9.17, 15) is 19.8 Å². The van der Waals surface area contributed by atoms with Crippen LogP contribution in [0.15, 0.2) is 0 Å². The normalized spacial score (nSPS) is 24.9. The van der Waals surface area contributed by atoms with Gasteiger partial charge in [-0.25, -0.2) is 0 Å². The lowest BCUT2D eigenvalue weighted by Gasteiger charge is -2.50. The van der Waals surface area contributed by atoms with Gasteiger partial charge in [0.05, 0.1) is 29.4 Å². The topological polar surface area (TPSA) is 263 Å². The Bertz CT molecular complexity index is 1930. The van der Waals surface area contributed by atoms with Crippen molar-refractivity contribution in [3.05, 3.63) is 0 Å². The van der Waals surface area contributed by atoms with Gasteiger partial charge in [-0.05, 0) is 205 Å². The van der Waals surface area contributed by atoms with Gasteiger partial charge in [-0.2, -0.15) is 0 Å². The Hall–Kier alpha value is 2.12. The standard InChI is InChI=1S/2C23H60O8Si8.2C3H8.2C2H8O2Si.2CH4O/c2*1-22(23(24)25)20-39(15)29-36(11,12)28-37(13,18-16-34(7,8)26-21-32(2)3)30-38(14,31-39)19-17-35(9,10)27-33(4,5)6;2*1-3-2;2*1-3-5-4-2;2*1-2/h2*22,32H,16-21H2,1-15H3,(H,24,25);2*3H2,1-2H3;2*5H2,1-2H3;2*2H,1H3. The molecule has 2 heterocycles. The highest BCUT2D eigenvalue weighted by Gasteiger charge is 2.59. The first-order valence-electron chi connectivity index (χ1n) is 35.6. The first kappa shape index (κ1) is 111. The van der Waals surface area contributed by atoms with Gasteiger partial charge in [0.15, 0.2) is 49.9 Å². The van der Waals surface area contributed by atoms with Crippen LogP contribution >= 0.6 is 0 Å². The molecule has 0 spiro atoms. The van der Waals surface area contributed by atoms with Gasteiger partial charge in [0, 0.05) is 67.2 Å².